The summed E-state index contributed by atoms with van der Waals surface area (Å²) in [4.78, 5) is 26.7. The SMILES string of the molecule is COc1ccc([N+](=O)[O-])cc1NC(=O)CSc1n[nH]c(-c2ccccc2F)n1. The van der Waals surface area contributed by atoms with Crippen molar-refractivity contribution in [1.82, 2.24) is 15.2 Å². The van der Waals surface area contributed by atoms with E-state index in [9.17, 15) is 19.3 Å². The Morgan fingerprint density at radius 3 is 2.86 bits per heavy atom. The van der Waals surface area contributed by atoms with E-state index in [0.29, 0.717) is 5.75 Å². The molecule has 0 atom stereocenters. The third kappa shape index (κ3) is 4.43. The number of thioether (sulfide) groups is 1. The number of rotatable bonds is 7. The smallest absolute Gasteiger partial charge is 0.271 e. The number of halogens is 1. The highest BCUT2D eigenvalue weighted by molar-refractivity contribution is 7.99. The standard InChI is InChI=1S/C17H14FN5O4S/c1-27-14-7-6-10(23(25)26)8-13(14)19-15(24)9-28-17-20-16(21-22-17)11-4-2-3-5-12(11)18/h2-8H,9H2,1H3,(H,19,24)(H,20,21,22). The number of benzene rings is 2. The second kappa shape index (κ2) is 8.48. The van der Waals surface area contributed by atoms with Crippen LogP contribution in [0.25, 0.3) is 11.4 Å². The Hall–Kier alpha value is -3.47. The summed E-state index contributed by atoms with van der Waals surface area (Å²) >= 11 is 1.03. The van der Waals surface area contributed by atoms with Gasteiger partial charge in [0.15, 0.2) is 5.82 Å². The van der Waals surface area contributed by atoms with E-state index in [4.69, 9.17) is 4.74 Å². The molecular formula is C17H14FN5O4S. The maximum atomic E-state index is 13.8. The maximum absolute atomic E-state index is 13.8. The molecule has 2 N–H and O–H groups in total. The van der Waals surface area contributed by atoms with Crippen LogP contribution in [-0.2, 0) is 4.79 Å². The van der Waals surface area contributed by atoms with Gasteiger partial charge in [-0.15, -0.1) is 5.10 Å². The highest BCUT2D eigenvalue weighted by Crippen LogP contribution is 2.29. The zero-order valence-electron chi connectivity index (χ0n) is 14.5. The van der Waals surface area contributed by atoms with Crippen LogP contribution in [0, 0.1) is 15.9 Å². The number of nitrogens with one attached hydrogen (secondary N) is 2. The number of ether oxygens (including phenoxy) is 1. The Labute approximate surface area is 162 Å². The third-order valence-electron chi connectivity index (χ3n) is 3.59. The van der Waals surface area contributed by atoms with Gasteiger partial charge in [-0.3, -0.25) is 20.0 Å². The van der Waals surface area contributed by atoms with Gasteiger partial charge in [0.2, 0.25) is 11.1 Å². The molecule has 0 saturated carbocycles. The molecule has 0 bridgehead atoms. The number of amides is 1. The third-order valence-corrected chi connectivity index (χ3v) is 4.44. The Bertz CT molecular complexity index is 1030. The molecule has 2 aromatic carbocycles. The van der Waals surface area contributed by atoms with Gasteiger partial charge in [0.25, 0.3) is 5.69 Å². The molecule has 28 heavy (non-hydrogen) atoms. The number of hydrogen-bond acceptors (Lipinski definition) is 7. The quantitative estimate of drug-likeness (QED) is 0.353. The predicted octanol–water partition coefficient (Wildman–Crippen LogP) is 3.26. The molecule has 1 heterocycles. The minimum Gasteiger partial charge on any atom is -0.495 e. The molecule has 0 radical (unpaired) electrons. The summed E-state index contributed by atoms with van der Waals surface area (Å²) in [6.07, 6.45) is 0. The van der Waals surface area contributed by atoms with Gasteiger partial charge < -0.3 is 10.1 Å². The highest BCUT2D eigenvalue weighted by atomic mass is 32.2. The molecule has 0 fully saturated rings. The molecule has 0 unspecified atom stereocenters. The second-order valence-corrected chi connectivity index (χ2v) is 6.37. The first-order valence-corrected chi connectivity index (χ1v) is 8.89. The molecule has 0 saturated heterocycles. The van der Waals surface area contributed by atoms with Gasteiger partial charge in [-0.05, 0) is 18.2 Å². The van der Waals surface area contributed by atoms with Gasteiger partial charge >= 0.3 is 0 Å². The van der Waals surface area contributed by atoms with E-state index >= 15 is 0 Å². The average molecular weight is 403 g/mol. The van der Waals surface area contributed by atoms with Crippen molar-refractivity contribution in [3.05, 3.63) is 58.4 Å². The van der Waals surface area contributed by atoms with Crippen LogP contribution in [0.2, 0.25) is 0 Å². The normalized spacial score (nSPS) is 10.5. The fourth-order valence-corrected chi connectivity index (χ4v) is 2.91. The zero-order valence-corrected chi connectivity index (χ0v) is 15.3. The van der Waals surface area contributed by atoms with Gasteiger partial charge in [-0.25, -0.2) is 9.37 Å². The van der Waals surface area contributed by atoms with Gasteiger partial charge in [-0.1, -0.05) is 23.9 Å². The van der Waals surface area contributed by atoms with E-state index in [0.717, 1.165) is 11.8 Å². The molecule has 0 spiro atoms. The Balaban J connectivity index is 1.65. The molecular weight excluding hydrogens is 389 g/mol. The lowest BCUT2D eigenvalue weighted by Crippen LogP contribution is -2.15. The fourth-order valence-electron chi connectivity index (χ4n) is 2.31. The number of carbonyl (C=O) groups is 1. The van der Waals surface area contributed by atoms with Crippen LogP contribution >= 0.6 is 11.8 Å². The van der Waals surface area contributed by atoms with E-state index in [1.807, 2.05) is 0 Å². The van der Waals surface area contributed by atoms with E-state index in [-0.39, 0.29) is 33.7 Å². The Morgan fingerprint density at radius 1 is 1.36 bits per heavy atom. The van der Waals surface area contributed by atoms with Crippen LogP contribution in [0.1, 0.15) is 0 Å². The van der Waals surface area contributed by atoms with Gasteiger partial charge in [-0.2, -0.15) is 0 Å². The van der Waals surface area contributed by atoms with Crippen molar-refractivity contribution >= 4 is 29.0 Å². The van der Waals surface area contributed by atoms with Crippen LogP contribution in [0.15, 0.2) is 47.6 Å². The summed E-state index contributed by atoms with van der Waals surface area (Å²) in [7, 11) is 1.39. The minimum absolute atomic E-state index is 0.0551. The lowest BCUT2D eigenvalue weighted by atomic mass is 10.2. The van der Waals surface area contributed by atoms with Crippen LogP contribution in [-0.4, -0.2) is 38.9 Å². The van der Waals surface area contributed by atoms with E-state index in [1.165, 1.54) is 31.4 Å². The topological polar surface area (TPSA) is 123 Å². The first-order chi connectivity index (χ1) is 13.5. The second-order valence-electron chi connectivity index (χ2n) is 5.42. The summed E-state index contributed by atoms with van der Waals surface area (Å²) < 4.78 is 18.9. The van der Waals surface area contributed by atoms with Crippen molar-refractivity contribution in [3.63, 3.8) is 0 Å². The summed E-state index contributed by atoms with van der Waals surface area (Å²) in [6, 6.07) is 10.0. The maximum Gasteiger partial charge on any atom is 0.271 e. The largest absolute Gasteiger partial charge is 0.495 e. The summed E-state index contributed by atoms with van der Waals surface area (Å²) in [6.45, 7) is 0. The van der Waals surface area contributed by atoms with Crippen molar-refractivity contribution in [3.8, 4) is 17.1 Å². The van der Waals surface area contributed by atoms with Crippen molar-refractivity contribution < 1.29 is 18.8 Å². The Kier molecular flexibility index (Phi) is 5.84. The molecule has 0 aliphatic rings. The molecule has 3 rings (SSSR count). The number of aromatic amines is 1. The van der Waals surface area contributed by atoms with E-state index in [2.05, 4.69) is 20.5 Å². The molecule has 144 valence electrons. The number of methoxy groups -OCH3 is 1. The van der Waals surface area contributed by atoms with Crippen molar-refractivity contribution in [2.24, 2.45) is 0 Å². The highest BCUT2D eigenvalue weighted by Gasteiger charge is 2.15. The predicted molar refractivity (Wildman–Crippen MR) is 101 cm³/mol. The number of nitro benzene ring substituents is 1. The summed E-state index contributed by atoms with van der Waals surface area (Å²) in [5.74, 6) is -0.378. The number of carbonyl (C=O) groups excluding carboxylic acids is 1. The van der Waals surface area contributed by atoms with E-state index < -0.39 is 16.6 Å². The molecule has 11 heteroatoms. The minimum atomic E-state index is -0.568. The molecule has 3 aromatic rings. The number of aromatic nitrogens is 3. The lowest BCUT2D eigenvalue weighted by molar-refractivity contribution is -0.384. The van der Waals surface area contributed by atoms with Crippen LogP contribution in [0.4, 0.5) is 15.8 Å². The van der Waals surface area contributed by atoms with Crippen LogP contribution < -0.4 is 10.1 Å². The summed E-state index contributed by atoms with van der Waals surface area (Å²) in [5, 5.41) is 20.3. The Morgan fingerprint density at radius 2 is 2.14 bits per heavy atom. The first-order valence-electron chi connectivity index (χ1n) is 7.90. The molecule has 1 amide bonds. The fraction of sp³-hybridized carbons (Fsp3) is 0.118. The zero-order chi connectivity index (χ0) is 20.1. The van der Waals surface area contributed by atoms with E-state index in [1.54, 1.807) is 18.2 Å². The van der Waals surface area contributed by atoms with Crippen molar-refractivity contribution in [2.75, 3.05) is 18.2 Å². The van der Waals surface area contributed by atoms with Gasteiger partial charge in [0, 0.05) is 12.1 Å². The number of anilines is 1. The first kappa shape index (κ1) is 19.3. The van der Waals surface area contributed by atoms with Crippen LogP contribution in [0.5, 0.6) is 5.75 Å². The number of nitrogens with zero attached hydrogens (tertiary/aromatic N) is 3. The molecule has 9 nitrogen and oxygen atoms in total. The number of non-ortho nitro benzene ring substituents is 1. The molecule has 0 aliphatic heterocycles. The summed E-state index contributed by atoms with van der Waals surface area (Å²) in [5.41, 5.74) is 0.282. The number of H-pyrrole nitrogens is 1. The molecule has 0 aliphatic carbocycles. The number of hydrogen-bond donors (Lipinski definition) is 2. The van der Waals surface area contributed by atoms with Crippen molar-refractivity contribution in [1.29, 1.82) is 0 Å². The lowest BCUT2D eigenvalue weighted by Gasteiger charge is -2.09. The van der Waals surface area contributed by atoms with Crippen molar-refractivity contribution in [2.45, 2.75) is 5.16 Å². The van der Waals surface area contributed by atoms with Gasteiger partial charge in [0.1, 0.15) is 11.6 Å². The van der Waals surface area contributed by atoms with Gasteiger partial charge in [0.05, 0.1) is 29.0 Å². The van der Waals surface area contributed by atoms with Crippen LogP contribution in [0.3, 0.4) is 0 Å². The number of nitro groups is 1. The average Bonchev–Trinajstić information content (AvgIpc) is 3.15. The monoisotopic (exact) mass is 403 g/mol. The molecule has 1 aromatic heterocycles.